The lowest BCUT2D eigenvalue weighted by atomic mass is 9.85. The Hall–Kier alpha value is -4.01. The average molecular weight is 418 g/mol. The van der Waals surface area contributed by atoms with Crippen molar-refractivity contribution in [1.82, 2.24) is 25.0 Å². The van der Waals surface area contributed by atoms with Crippen LogP contribution in [0.1, 0.15) is 29.2 Å². The molecule has 1 atom stereocenters. The highest BCUT2D eigenvalue weighted by Gasteiger charge is 2.34. The molecule has 1 aliphatic rings. The van der Waals surface area contributed by atoms with E-state index in [0.29, 0.717) is 22.8 Å². The SMILES string of the molecule is Cc1nn(-c2nncc(-c3ccccc3)n2)c2c1[C@H](c1cc(F)ccc1F)CC(=O)N2. The van der Waals surface area contributed by atoms with Gasteiger partial charge in [0.1, 0.15) is 17.5 Å². The number of nitrogens with one attached hydrogen (secondary N) is 1. The summed E-state index contributed by atoms with van der Waals surface area (Å²) in [6.45, 7) is 1.74. The zero-order valence-corrected chi connectivity index (χ0v) is 16.4. The Morgan fingerprint density at radius 3 is 2.74 bits per heavy atom. The molecule has 1 N–H and O–H groups in total. The van der Waals surface area contributed by atoms with Crippen molar-refractivity contribution in [3.63, 3.8) is 0 Å². The number of carbonyl (C=O) groups is 1. The Kier molecular flexibility index (Phi) is 4.50. The monoisotopic (exact) mass is 418 g/mol. The van der Waals surface area contributed by atoms with Gasteiger partial charge in [-0.3, -0.25) is 4.79 Å². The number of carbonyl (C=O) groups excluding carboxylic acids is 1. The van der Waals surface area contributed by atoms with Crippen molar-refractivity contribution < 1.29 is 13.6 Å². The van der Waals surface area contributed by atoms with E-state index in [2.05, 4.69) is 25.6 Å². The van der Waals surface area contributed by atoms with Gasteiger partial charge in [-0.25, -0.2) is 13.8 Å². The van der Waals surface area contributed by atoms with Gasteiger partial charge in [-0.15, -0.1) is 5.10 Å². The smallest absolute Gasteiger partial charge is 0.272 e. The van der Waals surface area contributed by atoms with Gasteiger partial charge in [0, 0.05) is 23.5 Å². The van der Waals surface area contributed by atoms with Gasteiger partial charge in [-0.1, -0.05) is 30.3 Å². The first-order valence-electron chi connectivity index (χ1n) is 9.61. The molecule has 0 saturated heterocycles. The average Bonchev–Trinajstić information content (AvgIpc) is 3.12. The quantitative estimate of drug-likeness (QED) is 0.547. The molecule has 0 aliphatic carbocycles. The molecule has 5 rings (SSSR count). The first kappa shape index (κ1) is 19.0. The van der Waals surface area contributed by atoms with E-state index < -0.39 is 17.6 Å². The van der Waals surface area contributed by atoms with Crippen molar-refractivity contribution in [2.75, 3.05) is 5.32 Å². The van der Waals surface area contributed by atoms with E-state index in [9.17, 15) is 13.6 Å². The van der Waals surface area contributed by atoms with Crippen LogP contribution in [-0.2, 0) is 4.79 Å². The molecule has 0 unspecified atom stereocenters. The van der Waals surface area contributed by atoms with Crippen LogP contribution < -0.4 is 5.32 Å². The van der Waals surface area contributed by atoms with Crippen molar-refractivity contribution in [2.45, 2.75) is 19.3 Å². The van der Waals surface area contributed by atoms with Crippen LogP contribution in [0.2, 0.25) is 0 Å². The standard InChI is InChI=1S/C22H16F2N6O/c1-12-20-16(15-9-14(23)7-8-17(15)24)10-19(31)27-21(20)30(29-12)22-26-18(11-25-28-22)13-5-3-2-4-6-13/h2-9,11,16H,10H2,1H3,(H,27,31)/t16-/m0/s1. The van der Waals surface area contributed by atoms with E-state index in [4.69, 9.17) is 0 Å². The minimum absolute atomic E-state index is 0.0247. The van der Waals surface area contributed by atoms with Gasteiger partial charge in [-0.05, 0) is 30.7 Å². The van der Waals surface area contributed by atoms with Crippen molar-refractivity contribution in [3.05, 3.63) is 83.2 Å². The number of aryl methyl sites for hydroxylation is 1. The molecule has 31 heavy (non-hydrogen) atoms. The Balaban J connectivity index is 1.65. The number of amides is 1. The van der Waals surface area contributed by atoms with Crippen molar-refractivity contribution >= 4 is 11.7 Å². The van der Waals surface area contributed by atoms with E-state index in [1.54, 1.807) is 6.92 Å². The minimum Gasteiger partial charge on any atom is -0.310 e. The number of aromatic nitrogens is 5. The summed E-state index contributed by atoms with van der Waals surface area (Å²) in [5.41, 5.74) is 2.69. The lowest BCUT2D eigenvalue weighted by molar-refractivity contribution is -0.116. The third-order valence-corrected chi connectivity index (χ3v) is 5.24. The summed E-state index contributed by atoms with van der Waals surface area (Å²) < 4.78 is 29.7. The number of rotatable bonds is 3. The van der Waals surface area contributed by atoms with Crippen molar-refractivity contribution in [1.29, 1.82) is 0 Å². The maximum Gasteiger partial charge on any atom is 0.272 e. The zero-order valence-electron chi connectivity index (χ0n) is 16.4. The molecular weight excluding hydrogens is 402 g/mol. The van der Waals surface area contributed by atoms with E-state index in [1.165, 1.54) is 10.9 Å². The van der Waals surface area contributed by atoms with Crippen LogP contribution in [-0.4, -0.2) is 30.9 Å². The van der Waals surface area contributed by atoms with Gasteiger partial charge in [0.2, 0.25) is 5.91 Å². The van der Waals surface area contributed by atoms with Crippen LogP contribution in [0.3, 0.4) is 0 Å². The lowest BCUT2D eigenvalue weighted by Crippen LogP contribution is -2.25. The summed E-state index contributed by atoms with van der Waals surface area (Å²) in [4.78, 5) is 17.0. The number of nitrogens with zero attached hydrogens (tertiary/aromatic N) is 5. The van der Waals surface area contributed by atoms with Gasteiger partial charge in [-0.2, -0.15) is 14.9 Å². The topological polar surface area (TPSA) is 85.6 Å². The number of benzene rings is 2. The van der Waals surface area contributed by atoms with Gasteiger partial charge in [0.15, 0.2) is 0 Å². The molecule has 0 bridgehead atoms. The molecule has 7 nitrogen and oxygen atoms in total. The van der Waals surface area contributed by atoms with Gasteiger partial charge in [0.05, 0.1) is 17.6 Å². The molecule has 154 valence electrons. The lowest BCUT2D eigenvalue weighted by Gasteiger charge is -2.24. The van der Waals surface area contributed by atoms with Crippen LogP contribution in [0.4, 0.5) is 14.6 Å². The maximum atomic E-state index is 14.5. The predicted molar refractivity (Wildman–Crippen MR) is 109 cm³/mol. The number of hydrogen-bond donors (Lipinski definition) is 1. The Morgan fingerprint density at radius 1 is 1.13 bits per heavy atom. The highest BCUT2D eigenvalue weighted by molar-refractivity contribution is 5.95. The minimum atomic E-state index is -0.682. The molecule has 2 aromatic heterocycles. The van der Waals surface area contributed by atoms with Crippen LogP contribution in [0.25, 0.3) is 17.2 Å². The van der Waals surface area contributed by atoms with Gasteiger partial charge < -0.3 is 5.32 Å². The van der Waals surface area contributed by atoms with Crippen LogP contribution in [0, 0.1) is 18.6 Å². The van der Waals surface area contributed by atoms with E-state index in [1.807, 2.05) is 30.3 Å². The summed E-state index contributed by atoms with van der Waals surface area (Å²) >= 11 is 0. The molecule has 0 radical (unpaired) electrons. The van der Waals surface area contributed by atoms with Crippen LogP contribution in [0.15, 0.2) is 54.7 Å². The molecule has 2 aromatic carbocycles. The Bertz CT molecular complexity index is 1300. The Labute approximate surface area is 175 Å². The number of halogens is 2. The number of anilines is 1. The summed E-state index contributed by atoms with van der Waals surface area (Å²) in [6.07, 6.45) is 1.51. The number of hydrogen-bond acceptors (Lipinski definition) is 5. The molecule has 0 saturated carbocycles. The molecular formula is C22H16F2N6O. The number of fused-ring (bicyclic) bond motifs is 1. The molecule has 1 amide bonds. The van der Waals surface area contributed by atoms with Crippen molar-refractivity contribution in [3.8, 4) is 17.2 Å². The fraction of sp³-hybridized carbons (Fsp3) is 0.136. The van der Waals surface area contributed by atoms with E-state index in [0.717, 1.165) is 23.8 Å². The first-order valence-corrected chi connectivity index (χ1v) is 9.61. The van der Waals surface area contributed by atoms with E-state index in [-0.39, 0.29) is 23.8 Å². The molecule has 9 heteroatoms. The summed E-state index contributed by atoms with van der Waals surface area (Å²) in [5, 5.41) is 15.3. The third-order valence-electron chi connectivity index (χ3n) is 5.24. The maximum absolute atomic E-state index is 14.5. The fourth-order valence-corrected chi connectivity index (χ4v) is 3.87. The largest absolute Gasteiger partial charge is 0.310 e. The molecule has 0 spiro atoms. The van der Waals surface area contributed by atoms with Gasteiger partial charge >= 0.3 is 0 Å². The van der Waals surface area contributed by atoms with E-state index >= 15 is 0 Å². The Morgan fingerprint density at radius 2 is 1.94 bits per heavy atom. The third kappa shape index (κ3) is 3.33. The fourth-order valence-electron chi connectivity index (χ4n) is 3.87. The van der Waals surface area contributed by atoms with Crippen LogP contribution >= 0.6 is 0 Å². The first-order chi connectivity index (χ1) is 15.0. The summed E-state index contributed by atoms with van der Waals surface area (Å²) in [6, 6.07) is 12.7. The summed E-state index contributed by atoms with van der Waals surface area (Å²) in [7, 11) is 0. The predicted octanol–water partition coefficient (Wildman–Crippen LogP) is 3.79. The van der Waals surface area contributed by atoms with Crippen molar-refractivity contribution in [2.24, 2.45) is 0 Å². The van der Waals surface area contributed by atoms with Gasteiger partial charge in [0.25, 0.3) is 5.95 Å². The summed E-state index contributed by atoms with van der Waals surface area (Å²) in [5.74, 6) is -1.69. The highest BCUT2D eigenvalue weighted by Crippen LogP contribution is 2.40. The normalized spacial score (nSPS) is 15.5. The second-order valence-corrected chi connectivity index (χ2v) is 7.24. The molecule has 3 heterocycles. The second kappa shape index (κ2) is 7.35. The zero-order chi connectivity index (χ0) is 21.5. The molecule has 1 aliphatic heterocycles. The molecule has 0 fully saturated rings. The molecule has 4 aromatic rings. The second-order valence-electron chi connectivity index (χ2n) is 7.24. The highest BCUT2D eigenvalue weighted by atomic mass is 19.1. The van der Waals surface area contributed by atoms with Crippen LogP contribution in [0.5, 0.6) is 0 Å².